The molecule has 0 bridgehead atoms. The highest BCUT2D eigenvalue weighted by molar-refractivity contribution is 6.07. The summed E-state index contributed by atoms with van der Waals surface area (Å²) in [6.07, 6.45) is 3.43. The minimum absolute atomic E-state index is 0.359. The number of β-amino-alcohol motifs (C(OH)–C–C–N with tert-alkyl or cyclic N) is 1. The van der Waals surface area contributed by atoms with Crippen LogP contribution in [0.4, 0.5) is 0 Å². The van der Waals surface area contributed by atoms with Crippen LogP contribution in [-0.2, 0) is 6.54 Å². The van der Waals surface area contributed by atoms with Crippen molar-refractivity contribution in [2.45, 2.75) is 57.8 Å². The standard InChI is InChI=1S/C22H28N2O/c1-16-8-7-9-17(2)23(16)14-18(25)15-24-21-12-5-3-10-19(21)20-11-4-6-13-22(20)24/h3-6,10-13,16-18,25H,7-9,14-15H2,1-2H3/t16-,17-,18-/m0/s1. The Morgan fingerprint density at radius 3 is 1.96 bits per heavy atom. The van der Waals surface area contributed by atoms with Gasteiger partial charge in [0.25, 0.3) is 0 Å². The van der Waals surface area contributed by atoms with Gasteiger partial charge in [0.15, 0.2) is 0 Å². The van der Waals surface area contributed by atoms with Crippen LogP contribution >= 0.6 is 0 Å². The number of benzene rings is 2. The van der Waals surface area contributed by atoms with Gasteiger partial charge in [0.05, 0.1) is 12.6 Å². The summed E-state index contributed by atoms with van der Waals surface area (Å²) in [4.78, 5) is 2.49. The van der Waals surface area contributed by atoms with Gasteiger partial charge < -0.3 is 9.67 Å². The molecule has 2 heterocycles. The number of hydrogen-bond donors (Lipinski definition) is 1. The van der Waals surface area contributed by atoms with Crippen LogP contribution in [0.15, 0.2) is 48.5 Å². The number of aromatic nitrogens is 1. The Hall–Kier alpha value is -1.84. The number of piperidine rings is 1. The molecule has 132 valence electrons. The Morgan fingerprint density at radius 1 is 0.880 bits per heavy atom. The van der Waals surface area contributed by atoms with Gasteiger partial charge in [-0.1, -0.05) is 42.8 Å². The highest BCUT2D eigenvalue weighted by atomic mass is 16.3. The van der Waals surface area contributed by atoms with Crippen LogP contribution in [-0.4, -0.2) is 39.3 Å². The van der Waals surface area contributed by atoms with Crippen LogP contribution in [0.5, 0.6) is 0 Å². The molecule has 0 saturated carbocycles. The predicted octanol–water partition coefficient (Wildman–Crippen LogP) is 4.42. The highest BCUT2D eigenvalue weighted by Crippen LogP contribution is 2.29. The van der Waals surface area contributed by atoms with Gasteiger partial charge in [-0.05, 0) is 38.8 Å². The first-order chi connectivity index (χ1) is 12.1. The molecule has 1 N–H and O–H groups in total. The van der Waals surface area contributed by atoms with Crippen molar-refractivity contribution >= 4 is 21.8 Å². The summed E-state index contributed by atoms with van der Waals surface area (Å²) in [5.74, 6) is 0. The average molecular weight is 336 g/mol. The molecule has 1 saturated heterocycles. The average Bonchev–Trinajstić information content (AvgIpc) is 2.93. The second-order valence-electron chi connectivity index (χ2n) is 7.62. The third kappa shape index (κ3) is 3.07. The van der Waals surface area contributed by atoms with Crippen molar-refractivity contribution in [2.24, 2.45) is 0 Å². The van der Waals surface area contributed by atoms with Crippen molar-refractivity contribution in [1.29, 1.82) is 0 Å². The summed E-state index contributed by atoms with van der Waals surface area (Å²) in [6, 6.07) is 18.2. The molecule has 4 rings (SSSR count). The van der Waals surface area contributed by atoms with Gasteiger partial charge in [-0.3, -0.25) is 4.90 Å². The zero-order chi connectivity index (χ0) is 17.4. The van der Waals surface area contributed by atoms with E-state index in [1.54, 1.807) is 0 Å². The number of para-hydroxylation sites is 2. The van der Waals surface area contributed by atoms with Crippen molar-refractivity contribution in [3.63, 3.8) is 0 Å². The van der Waals surface area contributed by atoms with Gasteiger partial charge in [-0.2, -0.15) is 0 Å². The number of likely N-dealkylation sites (tertiary alicyclic amines) is 1. The molecule has 0 amide bonds. The molecule has 0 unspecified atom stereocenters. The van der Waals surface area contributed by atoms with Crippen molar-refractivity contribution in [3.05, 3.63) is 48.5 Å². The van der Waals surface area contributed by atoms with Crippen molar-refractivity contribution in [2.75, 3.05) is 6.54 Å². The Bertz CT molecular complexity index is 805. The summed E-state index contributed by atoms with van der Waals surface area (Å²) in [6.45, 7) is 5.98. The SMILES string of the molecule is C[C@H]1CCC[C@H](C)N1C[C@H](O)Cn1c2ccccc2c2ccccc21. The highest BCUT2D eigenvalue weighted by Gasteiger charge is 2.26. The molecule has 0 spiro atoms. The lowest BCUT2D eigenvalue weighted by Gasteiger charge is -2.40. The van der Waals surface area contributed by atoms with Crippen LogP contribution < -0.4 is 0 Å². The van der Waals surface area contributed by atoms with E-state index in [2.05, 4.69) is 71.8 Å². The summed E-state index contributed by atoms with van der Waals surface area (Å²) in [7, 11) is 0. The monoisotopic (exact) mass is 336 g/mol. The van der Waals surface area contributed by atoms with E-state index in [0.29, 0.717) is 18.6 Å². The number of fused-ring (bicyclic) bond motifs is 3. The fraction of sp³-hybridized carbons (Fsp3) is 0.455. The van der Waals surface area contributed by atoms with E-state index in [9.17, 15) is 5.11 Å². The molecule has 0 aliphatic carbocycles. The molecule has 0 radical (unpaired) electrons. The van der Waals surface area contributed by atoms with Crippen LogP contribution in [0.3, 0.4) is 0 Å². The fourth-order valence-corrected chi connectivity index (χ4v) is 4.55. The Morgan fingerprint density at radius 2 is 1.40 bits per heavy atom. The normalized spacial score (nSPS) is 23.3. The number of hydrogen-bond acceptors (Lipinski definition) is 2. The van der Waals surface area contributed by atoms with Crippen LogP contribution in [0, 0.1) is 0 Å². The minimum atomic E-state index is -0.359. The van der Waals surface area contributed by atoms with E-state index in [1.165, 1.54) is 41.1 Å². The van der Waals surface area contributed by atoms with E-state index in [-0.39, 0.29) is 6.10 Å². The number of nitrogens with zero attached hydrogens (tertiary/aromatic N) is 2. The molecule has 1 fully saturated rings. The zero-order valence-corrected chi connectivity index (χ0v) is 15.2. The number of aliphatic hydroxyl groups is 1. The molecule has 3 atom stereocenters. The van der Waals surface area contributed by atoms with Crippen molar-refractivity contribution < 1.29 is 5.11 Å². The molecule has 25 heavy (non-hydrogen) atoms. The van der Waals surface area contributed by atoms with Gasteiger partial charge in [0.2, 0.25) is 0 Å². The van der Waals surface area contributed by atoms with Crippen molar-refractivity contribution in [3.8, 4) is 0 Å². The largest absolute Gasteiger partial charge is 0.390 e. The molecule has 3 nitrogen and oxygen atoms in total. The smallest absolute Gasteiger partial charge is 0.0846 e. The summed E-state index contributed by atoms with van der Waals surface area (Å²) in [5, 5.41) is 13.4. The molecule has 1 aliphatic rings. The zero-order valence-electron chi connectivity index (χ0n) is 15.2. The predicted molar refractivity (Wildman–Crippen MR) is 105 cm³/mol. The molecule has 1 aliphatic heterocycles. The van der Waals surface area contributed by atoms with Gasteiger partial charge >= 0.3 is 0 Å². The summed E-state index contributed by atoms with van der Waals surface area (Å²) >= 11 is 0. The second-order valence-corrected chi connectivity index (χ2v) is 7.62. The first-order valence-corrected chi connectivity index (χ1v) is 9.55. The second kappa shape index (κ2) is 6.81. The van der Waals surface area contributed by atoms with Gasteiger partial charge in [-0.15, -0.1) is 0 Å². The van der Waals surface area contributed by atoms with Gasteiger partial charge in [0.1, 0.15) is 0 Å². The maximum atomic E-state index is 10.9. The minimum Gasteiger partial charge on any atom is -0.390 e. The number of aliphatic hydroxyl groups excluding tert-OH is 1. The van der Waals surface area contributed by atoms with E-state index in [4.69, 9.17) is 0 Å². The summed E-state index contributed by atoms with van der Waals surface area (Å²) < 4.78 is 2.29. The Labute approximate surface area is 149 Å². The van der Waals surface area contributed by atoms with Crippen molar-refractivity contribution in [1.82, 2.24) is 9.47 Å². The lowest BCUT2D eigenvalue weighted by molar-refractivity contribution is 0.0357. The molecular formula is C22H28N2O. The maximum Gasteiger partial charge on any atom is 0.0846 e. The Balaban J connectivity index is 1.63. The maximum absolute atomic E-state index is 10.9. The third-order valence-electron chi connectivity index (χ3n) is 5.87. The lowest BCUT2D eigenvalue weighted by atomic mass is 9.97. The van der Waals surface area contributed by atoms with E-state index < -0.39 is 0 Å². The molecule has 1 aromatic heterocycles. The van der Waals surface area contributed by atoms with E-state index in [1.807, 2.05) is 0 Å². The van der Waals surface area contributed by atoms with Crippen LogP contribution in [0.1, 0.15) is 33.1 Å². The topological polar surface area (TPSA) is 28.4 Å². The van der Waals surface area contributed by atoms with E-state index >= 15 is 0 Å². The Kier molecular flexibility index (Phi) is 4.53. The van der Waals surface area contributed by atoms with Crippen LogP contribution in [0.25, 0.3) is 21.8 Å². The molecular weight excluding hydrogens is 308 g/mol. The fourth-order valence-electron chi connectivity index (χ4n) is 4.55. The van der Waals surface area contributed by atoms with Gasteiger partial charge in [0, 0.05) is 40.4 Å². The van der Waals surface area contributed by atoms with Gasteiger partial charge in [-0.25, -0.2) is 0 Å². The summed E-state index contributed by atoms with van der Waals surface area (Å²) in [5.41, 5.74) is 2.42. The third-order valence-corrected chi connectivity index (χ3v) is 5.87. The first-order valence-electron chi connectivity index (χ1n) is 9.55. The molecule has 2 aromatic carbocycles. The molecule has 3 heteroatoms. The molecule has 3 aromatic rings. The first kappa shape index (κ1) is 16.6. The van der Waals surface area contributed by atoms with Crippen LogP contribution in [0.2, 0.25) is 0 Å². The van der Waals surface area contributed by atoms with E-state index in [0.717, 1.165) is 6.54 Å². The lowest BCUT2D eigenvalue weighted by Crippen LogP contribution is -2.48. The number of rotatable bonds is 4. The quantitative estimate of drug-likeness (QED) is 0.764.